The van der Waals surface area contributed by atoms with E-state index in [1.165, 1.54) is 0 Å². The highest BCUT2D eigenvalue weighted by Crippen LogP contribution is 2.37. The van der Waals surface area contributed by atoms with Crippen molar-refractivity contribution in [3.8, 4) is 5.75 Å². The minimum absolute atomic E-state index is 0.0408. The topological polar surface area (TPSA) is 69.6 Å². The molecule has 0 aromatic heterocycles. The molecule has 22 heavy (non-hydrogen) atoms. The molecule has 124 valence electrons. The third-order valence-corrected chi connectivity index (χ3v) is 3.83. The van der Waals surface area contributed by atoms with Gasteiger partial charge >= 0.3 is 5.97 Å². The lowest BCUT2D eigenvalue weighted by molar-refractivity contribution is -0.139. The van der Waals surface area contributed by atoms with Gasteiger partial charge in [0.15, 0.2) is 0 Å². The van der Waals surface area contributed by atoms with Crippen molar-refractivity contribution in [1.29, 1.82) is 0 Å². The second-order valence-corrected chi connectivity index (χ2v) is 7.97. The lowest BCUT2D eigenvalue weighted by Crippen LogP contribution is -2.33. The normalized spacial score (nSPS) is 14.0. The Labute approximate surface area is 133 Å². The molecule has 0 bridgehead atoms. The fraction of sp³-hybridized carbons (Fsp3) is 0.611. The van der Waals surface area contributed by atoms with E-state index in [4.69, 9.17) is 5.11 Å². The highest BCUT2D eigenvalue weighted by molar-refractivity contribution is 5.72. The van der Waals surface area contributed by atoms with Gasteiger partial charge in [0, 0.05) is 12.1 Å². The first kappa shape index (κ1) is 18.5. The van der Waals surface area contributed by atoms with Gasteiger partial charge in [-0.1, -0.05) is 53.7 Å². The number of benzene rings is 1. The van der Waals surface area contributed by atoms with Crippen LogP contribution in [0.2, 0.25) is 0 Å². The number of nitrogens with one attached hydrogen (secondary N) is 1. The van der Waals surface area contributed by atoms with E-state index in [9.17, 15) is 9.90 Å². The molecule has 1 aromatic carbocycles. The molecule has 0 saturated heterocycles. The van der Waals surface area contributed by atoms with Crippen LogP contribution < -0.4 is 5.32 Å². The summed E-state index contributed by atoms with van der Waals surface area (Å²) in [7, 11) is 0. The number of hydrogen-bond donors (Lipinski definition) is 3. The lowest BCUT2D eigenvalue weighted by atomic mass is 9.79. The summed E-state index contributed by atoms with van der Waals surface area (Å²) in [4.78, 5) is 10.9. The Morgan fingerprint density at radius 2 is 1.68 bits per heavy atom. The van der Waals surface area contributed by atoms with Crippen molar-refractivity contribution in [3.05, 3.63) is 28.8 Å². The molecule has 0 saturated carbocycles. The largest absolute Gasteiger partial charge is 0.507 e. The highest BCUT2D eigenvalue weighted by Gasteiger charge is 2.25. The first-order valence-corrected chi connectivity index (χ1v) is 7.67. The molecule has 1 unspecified atom stereocenters. The maximum atomic E-state index is 10.9. The van der Waals surface area contributed by atoms with Gasteiger partial charge in [-0.2, -0.15) is 0 Å². The van der Waals surface area contributed by atoms with Crippen molar-refractivity contribution in [1.82, 2.24) is 5.32 Å². The summed E-state index contributed by atoms with van der Waals surface area (Å²) in [5, 5.41) is 22.5. The van der Waals surface area contributed by atoms with E-state index in [-0.39, 0.29) is 16.6 Å². The summed E-state index contributed by atoms with van der Waals surface area (Å²) >= 11 is 0. The summed E-state index contributed by atoms with van der Waals surface area (Å²) in [5.41, 5.74) is 2.54. The molecule has 0 heterocycles. The van der Waals surface area contributed by atoms with E-state index in [2.05, 4.69) is 52.9 Å². The fourth-order valence-electron chi connectivity index (χ4n) is 2.18. The Morgan fingerprint density at radius 3 is 2.09 bits per heavy atom. The second-order valence-electron chi connectivity index (χ2n) is 7.97. The minimum atomic E-state index is -0.900. The van der Waals surface area contributed by atoms with Gasteiger partial charge in [0.1, 0.15) is 11.8 Å². The zero-order valence-corrected chi connectivity index (χ0v) is 14.7. The Morgan fingerprint density at radius 1 is 1.14 bits per heavy atom. The van der Waals surface area contributed by atoms with Crippen LogP contribution in [0, 0.1) is 0 Å². The zero-order chi connectivity index (χ0) is 17.3. The maximum absolute atomic E-state index is 10.9. The molecule has 4 nitrogen and oxygen atoms in total. The highest BCUT2D eigenvalue weighted by atomic mass is 16.4. The van der Waals surface area contributed by atoms with Gasteiger partial charge in [-0.25, -0.2) is 0 Å². The molecule has 1 aromatic rings. The average Bonchev–Trinajstić information content (AvgIpc) is 2.33. The smallest absolute Gasteiger partial charge is 0.320 e. The number of carboxylic acid groups (broad SMARTS) is 1. The van der Waals surface area contributed by atoms with E-state index in [0.29, 0.717) is 6.54 Å². The summed E-state index contributed by atoms with van der Waals surface area (Å²) in [6.45, 7) is 14.5. The van der Waals surface area contributed by atoms with Crippen molar-refractivity contribution in [3.63, 3.8) is 0 Å². The van der Waals surface area contributed by atoms with Crippen molar-refractivity contribution < 1.29 is 15.0 Å². The van der Waals surface area contributed by atoms with Crippen LogP contribution in [0.25, 0.3) is 0 Å². The van der Waals surface area contributed by atoms with Crippen LogP contribution in [0.3, 0.4) is 0 Å². The van der Waals surface area contributed by atoms with Gasteiger partial charge in [0.05, 0.1) is 0 Å². The molecule has 3 N–H and O–H groups in total. The molecule has 1 atom stereocenters. The monoisotopic (exact) mass is 307 g/mol. The van der Waals surface area contributed by atoms with Crippen molar-refractivity contribution >= 4 is 5.97 Å². The summed E-state index contributed by atoms with van der Waals surface area (Å²) in [6.07, 6.45) is 0. The van der Waals surface area contributed by atoms with Gasteiger partial charge in [-0.15, -0.1) is 0 Å². The van der Waals surface area contributed by atoms with E-state index in [1.807, 2.05) is 6.07 Å². The molecule has 0 aliphatic rings. The number of aliphatic carboxylic acids is 1. The molecule has 0 aliphatic heterocycles. The summed E-state index contributed by atoms with van der Waals surface area (Å²) < 4.78 is 0. The van der Waals surface area contributed by atoms with E-state index in [0.717, 1.165) is 16.7 Å². The van der Waals surface area contributed by atoms with Crippen LogP contribution in [0.5, 0.6) is 5.75 Å². The van der Waals surface area contributed by atoms with Crippen molar-refractivity contribution in [2.75, 3.05) is 0 Å². The van der Waals surface area contributed by atoms with Crippen LogP contribution in [0.15, 0.2) is 12.1 Å². The summed E-state index contributed by atoms with van der Waals surface area (Å²) in [5.74, 6) is -0.645. The number of carboxylic acids is 1. The van der Waals surface area contributed by atoms with Crippen LogP contribution >= 0.6 is 0 Å². The third kappa shape index (κ3) is 4.47. The van der Waals surface area contributed by atoms with Crippen molar-refractivity contribution in [2.24, 2.45) is 0 Å². The predicted octanol–water partition coefficient (Wildman–Crippen LogP) is 3.55. The molecular formula is C18H29NO3. The number of carbonyl (C=O) groups is 1. The molecule has 0 fully saturated rings. The van der Waals surface area contributed by atoms with Gasteiger partial charge < -0.3 is 15.5 Å². The number of hydrogen-bond acceptors (Lipinski definition) is 3. The molecule has 1 rings (SSSR count). The Bertz CT molecular complexity index is 551. The molecule has 0 aliphatic carbocycles. The number of phenolic OH excluding ortho intramolecular Hbond substituents is 1. The third-order valence-electron chi connectivity index (χ3n) is 3.83. The summed E-state index contributed by atoms with van der Waals surface area (Å²) in [6, 6.07) is 3.36. The van der Waals surface area contributed by atoms with E-state index >= 15 is 0 Å². The molecule has 0 spiro atoms. The Kier molecular flexibility index (Phi) is 5.29. The first-order chi connectivity index (χ1) is 9.84. The quantitative estimate of drug-likeness (QED) is 0.795. The van der Waals surface area contributed by atoms with E-state index in [1.54, 1.807) is 6.92 Å². The second kappa shape index (κ2) is 6.29. The Balaban J connectivity index is 3.28. The standard InChI is InChI=1S/C18H29NO3/c1-11(16(21)22)19-10-12-8-13(17(2,3)4)9-14(15(12)20)18(5,6)7/h8-9,11,19-20H,10H2,1-7H3,(H,21,22). The Hall–Kier alpha value is -1.55. The predicted molar refractivity (Wildman–Crippen MR) is 89.4 cm³/mol. The van der Waals surface area contributed by atoms with Crippen LogP contribution in [-0.2, 0) is 22.2 Å². The average molecular weight is 307 g/mol. The minimum Gasteiger partial charge on any atom is -0.507 e. The van der Waals surface area contributed by atoms with Crippen LogP contribution in [0.4, 0.5) is 0 Å². The number of phenols is 1. The van der Waals surface area contributed by atoms with Gasteiger partial charge in [-0.3, -0.25) is 4.79 Å². The lowest BCUT2D eigenvalue weighted by Gasteiger charge is -2.27. The fourth-order valence-corrected chi connectivity index (χ4v) is 2.18. The zero-order valence-electron chi connectivity index (χ0n) is 14.7. The number of aromatic hydroxyl groups is 1. The van der Waals surface area contributed by atoms with Gasteiger partial charge in [0.2, 0.25) is 0 Å². The maximum Gasteiger partial charge on any atom is 0.320 e. The SMILES string of the molecule is CC(NCc1cc(C(C)(C)C)cc(C(C)(C)C)c1O)C(=O)O. The van der Waals surface area contributed by atoms with E-state index < -0.39 is 12.0 Å². The molecule has 0 amide bonds. The number of rotatable bonds is 4. The van der Waals surface area contributed by atoms with Gasteiger partial charge in [0.25, 0.3) is 0 Å². The molecule has 4 heteroatoms. The first-order valence-electron chi connectivity index (χ1n) is 7.67. The van der Waals surface area contributed by atoms with Crippen LogP contribution in [-0.4, -0.2) is 22.2 Å². The molecule has 0 radical (unpaired) electrons. The van der Waals surface area contributed by atoms with Gasteiger partial charge in [-0.05, 0) is 28.9 Å². The van der Waals surface area contributed by atoms with Crippen molar-refractivity contribution in [2.45, 2.75) is 71.9 Å². The molecular weight excluding hydrogens is 278 g/mol. The van der Waals surface area contributed by atoms with Crippen LogP contribution in [0.1, 0.15) is 65.2 Å².